The highest BCUT2D eigenvalue weighted by Gasteiger charge is 2.34. The first kappa shape index (κ1) is 20.8. The Morgan fingerprint density at radius 3 is 2.21 bits per heavy atom. The smallest absolute Gasteiger partial charge is 0.410 e. The third-order valence-electron chi connectivity index (χ3n) is 5.19. The molecule has 1 heterocycles. The number of ether oxygens (including phenoxy) is 2. The number of methoxy groups -OCH3 is 1. The van der Waals surface area contributed by atoms with Gasteiger partial charge in [-0.1, -0.05) is 20.8 Å². The zero-order valence-electron chi connectivity index (χ0n) is 16.0. The van der Waals surface area contributed by atoms with E-state index in [-0.39, 0.29) is 30.1 Å². The Bertz CT molecular complexity index is 391. The van der Waals surface area contributed by atoms with E-state index in [0.29, 0.717) is 6.04 Å². The van der Waals surface area contributed by atoms with Crippen molar-refractivity contribution in [2.75, 3.05) is 7.11 Å². The van der Waals surface area contributed by atoms with Gasteiger partial charge in [-0.25, -0.2) is 4.79 Å². The average Bonchev–Trinajstić information content (AvgIpc) is 2.62. The second-order valence-corrected chi connectivity index (χ2v) is 6.63. The van der Waals surface area contributed by atoms with Gasteiger partial charge in [0.25, 0.3) is 0 Å². The summed E-state index contributed by atoms with van der Waals surface area (Å²) in [6.07, 6.45) is 7.08. The Kier molecular flexibility index (Phi) is 9.16. The highest BCUT2D eigenvalue weighted by atomic mass is 16.6. The van der Waals surface area contributed by atoms with E-state index < -0.39 is 0 Å². The van der Waals surface area contributed by atoms with E-state index in [9.17, 15) is 9.59 Å². The first-order valence-corrected chi connectivity index (χ1v) is 9.63. The predicted octanol–water partition coefficient (Wildman–Crippen LogP) is 4.53. The Labute approximate surface area is 147 Å². The van der Waals surface area contributed by atoms with E-state index in [1.807, 2.05) is 18.7 Å². The van der Waals surface area contributed by atoms with Crippen LogP contribution in [0.25, 0.3) is 0 Å². The van der Waals surface area contributed by atoms with Crippen LogP contribution in [0, 0.1) is 5.92 Å². The van der Waals surface area contributed by atoms with Crippen molar-refractivity contribution in [3.8, 4) is 0 Å². The molecule has 1 saturated heterocycles. The molecular weight excluding hydrogens is 306 g/mol. The van der Waals surface area contributed by atoms with E-state index in [1.165, 1.54) is 13.5 Å². The van der Waals surface area contributed by atoms with Crippen LogP contribution in [-0.4, -0.2) is 42.3 Å². The predicted molar refractivity (Wildman–Crippen MR) is 94.8 cm³/mol. The summed E-state index contributed by atoms with van der Waals surface area (Å²) in [6, 6.07) is 0.570. The second kappa shape index (κ2) is 10.6. The largest absolute Gasteiger partial charge is 0.469 e. The maximum atomic E-state index is 12.5. The van der Waals surface area contributed by atoms with Gasteiger partial charge in [0.15, 0.2) is 0 Å². The van der Waals surface area contributed by atoms with Crippen LogP contribution in [0.2, 0.25) is 0 Å². The van der Waals surface area contributed by atoms with Crippen molar-refractivity contribution < 1.29 is 19.1 Å². The number of hydrogen-bond donors (Lipinski definition) is 0. The van der Waals surface area contributed by atoms with Gasteiger partial charge in [-0.3, -0.25) is 4.79 Å². The van der Waals surface area contributed by atoms with Crippen molar-refractivity contribution in [1.82, 2.24) is 4.90 Å². The molecule has 140 valence electrons. The highest BCUT2D eigenvalue weighted by molar-refractivity contribution is 5.72. The molecule has 0 unspecified atom stereocenters. The molecule has 0 radical (unpaired) electrons. The van der Waals surface area contributed by atoms with Gasteiger partial charge in [-0.2, -0.15) is 0 Å². The van der Waals surface area contributed by atoms with Gasteiger partial charge in [-0.05, 0) is 58.3 Å². The molecule has 1 saturated carbocycles. The third kappa shape index (κ3) is 5.38. The Morgan fingerprint density at radius 1 is 1.04 bits per heavy atom. The van der Waals surface area contributed by atoms with Gasteiger partial charge in [-0.15, -0.1) is 0 Å². The molecule has 0 aromatic heterocycles. The summed E-state index contributed by atoms with van der Waals surface area (Å²) < 4.78 is 10.5. The van der Waals surface area contributed by atoms with Crippen LogP contribution in [0.5, 0.6) is 0 Å². The molecule has 0 N–H and O–H groups in total. The lowest BCUT2D eigenvalue weighted by atomic mass is 9.87. The molecule has 2 atom stereocenters. The van der Waals surface area contributed by atoms with Crippen LogP contribution >= 0.6 is 0 Å². The second-order valence-electron chi connectivity index (χ2n) is 6.63. The number of carbonyl (C=O) groups is 2. The first-order valence-electron chi connectivity index (χ1n) is 9.63. The first-order chi connectivity index (χ1) is 11.6. The van der Waals surface area contributed by atoms with Crippen molar-refractivity contribution in [3.63, 3.8) is 0 Å². The summed E-state index contributed by atoms with van der Waals surface area (Å²) in [7, 11) is 1.43. The monoisotopic (exact) mass is 341 g/mol. The van der Waals surface area contributed by atoms with Crippen LogP contribution in [0.3, 0.4) is 0 Å². The lowest BCUT2D eigenvalue weighted by Crippen LogP contribution is -2.49. The lowest BCUT2D eigenvalue weighted by Gasteiger charge is -2.40. The quantitative estimate of drug-likeness (QED) is 0.708. The summed E-state index contributed by atoms with van der Waals surface area (Å²) in [5.41, 5.74) is 0. The topological polar surface area (TPSA) is 55.8 Å². The van der Waals surface area contributed by atoms with Crippen LogP contribution in [0.15, 0.2) is 0 Å². The Balaban J connectivity index is 0.00000139. The van der Waals surface area contributed by atoms with Gasteiger partial charge in [0.2, 0.25) is 0 Å². The average molecular weight is 341 g/mol. The van der Waals surface area contributed by atoms with Crippen molar-refractivity contribution in [2.24, 2.45) is 5.92 Å². The third-order valence-corrected chi connectivity index (χ3v) is 5.19. The summed E-state index contributed by atoms with van der Waals surface area (Å²) >= 11 is 0. The SMILES string of the molecule is CC.CC[C@H]1CCC[C@@H](C)N1C(=O)OC1CCC(C(=O)OC)CC1. The van der Waals surface area contributed by atoms with E-state index >= 15 is 0 Å². The number of nitrogens with zero attached hydrogens (tertiary/aromatic N) is 1. The van der Waals surface area contributed by atoms with Crippen LogP contribution < -0.4 is 0 Å². The van der Waals surface area contributed by atoms with E-state index in [4.69, 9.17) is 9.47 Å². The molecule has 1 aliphatic carbocycles. The summed E-state index contributed by atoms with van der Waals surface area (Å²) in [5, 5.41) is 0. The molecular formula is C19H35NO4. The van der Waals surface area contributed by atoms with Crippen molar-refractivity contribution in [2.45, 2.75) is 97.2 Å². The van der Waals surface area contributed by atoms with Gasteiger partial charge in [0, 0.05) is 12.1 Å². The molecule has 2 fully saturated rings. The number of rotatable bonds is 3. The van der Waals surface area contributed by atoms with Gasteiger partial charge >= 0.3 is 12.1 Å². The fraction of sp³-hybridized carbons (Fsp3) is 0.895. The van der Waals surface area contributed by atoms with E-state index in [0.717, 1.165) is 44.9 Å². The van der Waals surface area contributed by atoms with E-state index in [1.54, 1.807) is 0 Å². The summed E-state index contributed by atoms with van der Waals surface area (Å²) in [6.45, 7) is 8.24. The number of likely N-dealkylation sites (tertiary alicyclic amines) is 1. The fourth-order valence-corrected chi connectivity index (χ4v) is 3.80. The number of amides is 1. The van der Waals surface area contributed by atoms with Gasteiger partial charge < -0.3 is 14.4 Å². The minimum atomic E-state index is -0.166. The van der Waals surface area contributed by atoms with Crippen molar-refractivity contribution in [3.05, 3.63) is 0 Å². The van der Waals surface area contributed by atoms with E-state index in [2.05, 4.69) is 13.8 Å². The summed E-state index contributed by atoms with van der Waals surface area (Å²) in [5.74, 6) is -0.169. The molecule has 0 aromatic rings. The zero-order valence-corrected chi connectivity index (χ0v) is 16.0. The lowest BCUT2D eigenvalue weighted by molar-refractivity contribution is -0.147. The number of piperidine rings is 1. The van der Waals surface area contributed by atoms with Crippen LogP contribution in [0.4, 0.5) is 4.79 Å². The highest BCUT2D eigenvalue weighted by Crippen LogP contribution is 2.30. The fourth-order valence-electron chi connectivity index (χ4n) is 3.80. The zero-order chi connectivity index (χ0) is 18.1. The van der Waals surface area contributed by atoms with Gasteiger partial charge in [0.1, 0.15) is 6.10 Å². The molecule has 5 heteroatoms. The maximum absolute atomic E-state index is 12.5. The Hall–Kier alpha value is -1.26. The molecule has 2 aliphatic rings. The summed E-state index contributed by atoms with van der Waals surface area (Å²) in [4.78, 5) is 26.0. The molecule has 24 heavy (non-hydrogen) atoms. The number of carbonyl (C=O) groups excluding carboxylic acids is 2. The molecule has 0 bridgehead atoms. The molecule has 1 amide bonds. The minimum absolute atomic E-state index is 0.0303. The normalized spacial score (nSPS) is 30.0. The molecule has 0 aromatic carbocycles. The van der Waals surface area contributed by atoms with Gasteiger partial charge in [0.05, 0.1) is 13.0 Å². The molecule has 0 spiro atoms. The number of esters is 1. The molecule has 2 rings (SSSR count). The van der Waals surface area contributed by atoms with Crippen molar-refractivity contribution in [1.29, 1.82) is 0 Å². The number of hydrogen-bond acceptors (Lipinski definition) is 4. The minimum Gasteiger partial charge on any atom is -0.469 e. The van der Waals surface area contributed by atoms with Crippen LogP contribution in [-0.2, 0) is 14.3 Å². The maximum Gasteiger partial charge on any atom is 0.410 e. The van der Waals surface area contributed by atoms with Crippen LogP contribution in [0.1, 0.15) is 79.1 Å². The molecule has 1 aliphatic heterocycles. The molecule has 5 nitrogen and oxygen atoms in total. The standard InChI is InChI=1S/C17H29NO4.C2H6/c1-4-14-7-5-6-12(2)18(14)17(20)22-15-10-8-13(9-11-15)16(19)21-3;1-2/h12-15H,4-11H2,1-3H3;1-2H3/t12-,13?,14+,15?;/m1./s1. The Morgan fingerprint density at radius 2 is 1.67 bits per heavy atom. The van der Waals surface area contributed by atoms with Crippen molar-refractivity contribution >= 4 is 12.1 Å².